The average molecular weight is 267 g/mol. The van der Waals surface area contributed by atoms with E-state index in [1.807, 2.05) is 18.2 Å². The number of rotatable bonds is 3. The second-order valence-electron chi connectivity index (χ2n) is 4.46. The highest BCUT2D eigenvalue weighted by Crippen LogP contribution is 2.32. The van der Waals surface area contributed by atoms with Crippen LogP contribution in [0.5, 0.6) is 11.5 Å². The topological polar surface area (TPSA) is 80.3 Å². The number of fused-ring (bicyclic) bond motifs is 1. The van der Waals surface area contributed by atoms with Crippen LogP contribution in [0.2, 0.25) is 0 Å². The van der Waals surface area contributed by atoms with Crippen LogP contribution < -0.4 is 20.5 Å². The van der Waals surface area contributed by atoms with E-state index in [2.05, 4.69) is 11.4 Å². The summed E-state index contributed by atoms with van der Waals surface area (Å²) in [7, 11) is 0. The van der Waals surface area contributed by atoms with Gasteiger partial charge >= 0.3 is 0 Å². The molecule has 0 aromatic heterocycles. The second kappa shape index (κ2) is 5.02. The number of nitrogens with one attached hydrogen (secondary N) is 1. The van der Waals surface area contributed by atoms with Gasteiger partial charge in [-0.05, 0) is 35.9 Å². The molecule has 0 unspecified atom stereocenters. The zero-order chi connectivity index (χ0) is 13.9. The summed E-state index contributed by atoms with van der Waals surface area (Å²) in [4.78, 5) is 0. The predicted octanol–water partition coefficient (Wildman–Crippen LogP) is 2.48. The normalized spacial score (nSPS) is 11.9. The highest BCUT2D eigenvalue weighted by Gasteiger charge is 2.13. The molecule has 0 amide bonds. The molecule has 0 saturated heterocycles. The van der Waals surface area contributed by atoms with E-state index in [1.165, 1.54) is 0 Å². The molecule has 2 aromatic rings. The lowest BCUT2D eigenvalue weighted by atomic mass is 10.1. The van der Waals surface area contributed by atoms with Gasteiger partial charge in [0.15, 0.2) is 11.5 Å². The maximum Gasteiger partial charge on any atom is 0.231 e. The summed E-state index contributed by atoms with van der Waals surface area (Å²) in [5, 5.41) is 12.3. The van der Waals surface area contributed by atoms with Gasteiger partial charge in [0.25, 0.3) is 0 Å². The van der Waals surface area contributed by atoms with Crippen molar-refractivity contribution in [1.82, 2.24) is 0 Å². The van der Waals surface area contributed by atoms with E-state index < -0.39 is 0 Å². The average Bonchev–Trinajstić information content (AvgIpc) is 2.93. The first-order valence-electron chi connectivity index (χ1n) is 6.18. The van der Waals surface area contributed by atoms with Gasteiger partial charge in [-0.2, -0.15) is 5.26 Å². The van der Waals surface area contributed by atoms with Gasteiger partial charge in [-0.25, -0.2) is 0 Å². The molecular formula is C15H13N3O2. The van der Waals surface area contributed by atoms with Gasteiger partial charge in [0.05, 0.1) is 11.3 Å². The first-order valence-corrected chi connectivity index (χ1v) is 6.18. The van der Waals surface area contributed by atoms with Crippen molar-refractivity contribution in [1.29, 1.82) is 5.26 Å². The third kappa shape index (κ3) is 2.31. The molecule has 5 nitrogen and oxygen atoms in total. The predicted molar refractivity (Wildman–Crippen MR) is 75.5 cm³/mol. The number of nitrogen functional groups attached to an aromatic ring is 1. The van der Waals surface area contributed by atoms with Gasteiger partial charge in [0, 0.05) is 12.2 Å². The Morgan fingerprint density at radius 3 is 2.85 bits per heavy atom. The molecule has 0 aliphatic carbocycles. The van der Waals surface area contributed by atoms with Crippen molar-refractivity contribution in [3.8, 4) is 17.6 Å². The van der Waals surface area contributed by atoms with Gasteiger partial charge in [0.2, 0.25) is 6.79 Å². The van der Waals surface area contributed by atoms with Gasteiger partial charge < -0.3 is 20.5 Å². The molecule has 100 valence electrons. The number of nitrogens with two attached hydrogens (primary N) is 1. The van der Waals surface area contributed by atoms with Crippen molar-refractivity contribution >= 4 is 11.4 Å². The van der Waals surface area contributed by atoms with Crippen LogP contribution in [0.4, 0.5) is 11.4 Å². The summed E-state index contributed by atoms with van der Waals surface area (Å²) >= 11 is 0. The molecule has 1 heterocycles. The number of benzene rings is 2. The molecule has 20 heavy (non-hydrogen) atoms. The van der Waals surface area contributed by atoms with Crippen LogP contribution >= 0.6 is 0 Å². The summed E-state index contributed by atoms with van der Waals surface area (Å²) in [6.07, 6.45) is 0. The Hall–Kier alpha value is -2.87. The summed E-state index contributed by atoms with van der Waals surface area (Å²) in [6.45, 7) is 0.859. The lowest BCUT2D eigenvalue weighted by Gasteiger charge is -2.09. The Kier molecular flexibility index (Phi) is 3.05. The largest absolute Gasteiger partial charge is 0.454 e. The molecule has 0 atom stereocenters. The lowest BCUT2D eigenvalue weighted by molar-refractivity contribution is 0.174. The fraction of sp³-hybridized carbons (Fsp3) is 0.133. The standard InChI is InChI=1S/C15H13N3O2/c16-7-11-6-12(17)2-3-13(11)18-8-10-1-4-14-15(5-10)20-9-19-14/h1-6,18H,8-9,17H2. The van der Waals surface area contributed by atoms with Gasteiger partial charge in [-0.3, -0.25) is 0 Å². The van der Waals surface area contributed by atoms with Crippen LogP contribution in [-0.4, -0.2) is 6.79 Å². The quantitative estimate of drug-likeness (QED) is 0.835. The van der Waals surface area contributed by atoms with Gasteiger partial charge in [-0.1, -0.05) is 6.07 Å². The van der Waals surface area contributed by atoms with Gasteiger partial charge in [0.1, 0.15) is 6.07 Å². The zero-order valence-corrected chi connectivity index (χ0v) is 10.7. The third-order valence-corrected chi connectivity index (χ3v) is 3.08. The second-order valence-corrected chi connectivity index (χ2v) is 4.46. The Bertz CT molecular complexity index is 692. The molecule has 3 rings (SSSR count). The minimum absolute atomic E-state index is 0.267. The maximum absolute atomic E-state index is 9.08. The Morgan fingerprint density at radius 2 is 2.00 bits per heavy atom. The minimum Gasteiger partial charge on any atom is -0.454 e. The van der Waals surface area contributed by atoms with Crippen molar-refractivity contribution in [2.75, 3.05) is 17.8 Å². The molecule has 1 aliphatic heterocycles. The number of nitriles is 1. The van der Waals surface area contributed by atoms with Crippen LogP contribution in [-0.2, 0) is 6.54 Å². The molecule has 5 heteroatoms. The number of hydrogen-bond acceptors (Lipinski definition) is 5. The van der Waals surface area contributed by atoms with E-state index in [9.17, 15) is 0 Å². The van der Waals surface area contributed by atoms with E-state index in [0.29, 0.717) is 17.8 Å². The number of hydrogen-bond donors (Lipinski definition) is 2. The molecular weight excluding hydrogens is 254 g/mol. The number of ether oxygens (including phenoxy) is 2. The molecule has 0 spiro atoms. The molecule has 2 aromatic carbocycles. The number of nitrogens with zero attached hydrogens (tertiary/aromatic N) is 1. The first-order chi connectivity index (χ1) is 9.76. The molecule has 0 fully saturated rings. The van der Waals surface area contributed by atoms with E-state index in [-0.39, 0.29) is 6.79 Å². The molecule has 0 bridgehead atoms. The zero-order valence-electron chi connectivity index (χ0n) is 10.7. The molecule has 3 N–H and O–H groups in total. The Balaban J connectivity index is 1.75. The summed E-state index contributed by atoms with van der Waals surface area (Å²) in [5.74, 6) is 1.51. The van der Waals surface area contributed by atoms with Crippen molar-refractivity contribution in [2.45, 2.75) is 6.54 Å². The van der Waals surface area contributed by atoms with E-state index >= 15 is 0 Å². The van der Waals surface area contributed by atoms with Crippen molar-refractivity contribution in [2.24, 2.45) is 0 Å². The van der Waals surface area contributed by atoms with Crippen LogP contribution in [0.15, 0.2) is 36.4 Å². The fourth-order valence-corrected chi connectivity index (χ4v) is 2.06. The van der Waals surface area contributed by atoms with E-state index in [1.54, 1.807) is 18.2 Å². The number of anilines is 2. The minimum atomic E-state index is 0.267. The monoisotopic (exact) mass is 267 g/mol. The molecule has 0 radical (unpaired) electrons. The Morgan fingerprint density at radius 1 is 1.15 bits per heavy atom. The van der Waals surface area contributed by atoms with Crippen molar-refractivity contribution < 1.29 is 9.47 Å². The molecule has 1 aliphatic rings. The highest BCUT2D eigenvalue weighted by atomic mass is 16.7. The van der Waals surface area contributed by atoms with Crippen LogP contribution in [0.25, 0.3) is 0 Å². The third-order valence-electron chi connectivity index (χ3n) is 3.08. The summed E-state index contributed by atoms with van der Waals surface area (Å²) < 4.78 is 10.6. The summed E-state index contributed by atoms with van der Waals surface area (Å²) in [6, 6.07) is 13.1. The highest BCUT2D eigenvalue weighted by molar-refractivity contribution is 5.63. The van der Waals surface area contributed by atoms with E-state index in [0.717, 1.165) is 22.7 Å². The van der Waals surface area contributed by atoms with Crippen molar-refractivity contribution in [3.63, 3.8) is 0 Å². The SMILES string of the molecule is N#Cc1cc(N)ccc1NCc1ccc2c(c1)OCO2. The van der Waals surface area contributed by atoms with Crippen LogP contribution in [0.1, 0.15) is 11.1 Å². The maximum atomic E-state index is 9.08. The smallest absolute Gasteiger partial charge is 0.231 e. The summed E-state index contributed by atoms with van der Waals surface area (Å²) in [5.41, 5.74) is 8.59. The fourth-order valence-electron chi connectivity index (χ4n) is 2.06. The van der Waals surface area contributed by atoms with Crippen LogP contribution in [0, 0.1) is 11.3 Å². The van der Waals surface area contributed by atoms with E-state index in [4.69, 9.17) is 20.5 Å². The molecule has 0 saturated carbocycles. The van der Waals surface area contributed by atoms with Crippen molar-refractivity contribution in [3.05, 3.63) is 47.5 Å². The van der Waals surface area contributed by atoms with Gasteiger partial charge in [-0.15, -0.1) is 0 Å². The Labute approximate surface area is 116 Å². The first kappa shape index (κ1) is 12.2. The van der Waals surface area contributed by atoms with Crippen LogP contribution in [0.3, 0.4) is 0 Å². The lowest BCUT2D eigenvalue weighted by Crippen LogP contribution is -2.02.